The molecule has 0 aromatic rings. The Bertz CT molecular complexity index is 128. The summed E-state index contributed by atoms with van der Waals surface area (Å²) in [6.45, 7) is 3.35. The normalized spacial score (nSPS) is 10.0. The average Bonchev–Trinajstić information content (AvgIpc) is 1.72. The van der Waals surface area contributed by atoms with Crippen molar-refractivity contribution in [1.82, 2.24) is 0 Å². The van der Waals surface area contributed by atoms with Crippen LogP contribution in [0, 0.1) is 11.3 Å². The second-order valence-electron chi connectivity index (χ2n) is 0.925. The second-order valence-corrected chi connectivity index (χ2v) is 0.925. The highest BCUT2D eigenvalue weighted by Crippen LogP contribution is 1.71. The van der Waals surface area contributed by atoms with Gasteiger partial charge in [0, 0.05) is 7.05 Å². The van der Waals surface area contributed by atoms with E-state index in [2.05, 4.69) is 11.6 Å². The predicted octanol–water partition coefficient (Wildman–Crippen LogP) is 0.767. The van der Waals surface area contributed by atoms with Gasteiger partial charge in [0.25, 0.3) is 0 Å². The maximum Gasteiger partial charge on any atom is 0.134 e. The third-order valence-electron chi connectivity index (χ3n) is 0.549. The molecule has 0 saturated heterocycles. The molecule has 7 heavy (non-hydrogen) atoms. The zero-order chi connectivity index (χ0) is 5.70. The number of hydrogen-bond donors (Lipinski definition) is 0. The van der Waals surface area contributed by atoms with Crippen molar-refractivity contribution >= 4 is 5.71 Å². The van der Waals surface area contributed by atoms with Crippen molar-refractivity contribution in [2.24, 2.45) is 4.99 Å². The molecule has 0 aromatic carbocycles. The van der Waals surface area contributed by atoms with E-state index in [9.17, 15) is 0 Å². The van der Waals surface area contributed by atoms with Crippen molar-refractivity contribution in [3.8, 4) is 6.07 Å². The number of nitriles is 1. The van der Waals surface area contributed by atoms with E-state index in [1.165, 1.54) is 6.08 Å². The van der Waals surface area contributed by atoms with E-state index in [-0.39, 0.29) is 0 Å². The van der Waals surface area contributed by atoms with Gasteiger partial charge in [-0.05, 0) is 6.08 Å². The molecule has 0 saturated carbocycles. The molecular weight excluding hydrogens is 88.1 g/mol. The first-order valence-corrected chi connectivity index (χ1v) is 1.84. The molecule has 2 nitrogen and oxygen atoms in total. The summed E-state index contributed by atoms with van der Waals surface area (Å²) in [6.07, 6.45) is 1.42. The summed E-state index contributed by atoms with van der Waals surface area (Å²) in [4.78, 5) is 3.56. The SMILES string of the molecule is C=C/C(C#N)=N\C. The van der Waals surface area contributed by atoms with Gasteiger partial charge in [-0.2, -0.15) is 5.26 Å². The summed E-state index contributed by atoms with van der Waals surface area (Å²) >= 11 is 0. The minimum Gasteiger partial charge on any atom is -0.278 e. The molecule has 0 heterocycles. The quantitative estimate of drug-likeness (QED) is 0.442. The molecule has 0 unspecified atom stereocenters. The largest absolute Gasteiger partial charge is 0.278 e. The van der Waals surface area contributed by atoms with Crippen LogP contribution in [0.25, 0.3) is 0 Å². The number of allylic oxidation sites excluding steroid dienone is 1. The van der Waals surface area contributed by atoms with Gasteiger partial charge in [-0.3, -0.25) is 4.99 Å². The van der Waals surface area contributed by atoms with Gasteiger partial charge in [0.1, 0.15) is 11.8 Å². The second kappa shape index (κ2) is 3.10. The molecule has 0 aliphatic heterocycles. The Balaban J connectivity index is 3.94. The molecule has 2 heteroatoms. The fourth-order valence-corrected chi connectivity index (χ4v) is 0.187. The molecule has 0 atom stereocenters. The topological polar surface area (TPSA) is 36.1 Å². The predicted molar refractivity (Wildman–Crippen MR) is 29.2 cm³/mol. The first-order chi connectivity index (χ1) is 3.35. The summed E-state index contributed by atoms with van der Waals surface area (Å²) in [5, 5.41) is 8.07. The zero-order valence-electron chi connectivity index (χ0n) is 4.18. The number of rotatable bonds is 1. The highest BCUT2D eigenvalue weighted by atomic mass is 14.7. The number of aliphatic imine (C=N–C) groups is 1. The molecule has 0 aromatic heterocycles. The molecule has 0 N–H and O–H groups in total. The van der Waals surface area contributed by atoms with Gasteiger partial charge < -0.3 is 0 Å². The first-order valence-electron chi connectivity index (χ1n) is 1.84. The van der Waals surface area contributed by atoms with Crippen molar-refractivity contribution in [3.63, 3.8) is 0 Å². The molecule has 0 bridgehead atoms. The van der Waals surface area contributed by atoms with Crippen LogP contribution in [-0.2, 0) is 0 Å². The lowest BCUT2D eigenvalue weighted by molar-refractivity contribution is 1.44. The van der Waals surface area contributed by atoms with Crippen molar-refractivity contribution in [3.05, 3.63) is 12.7 Å². The van der Waals surface area contributed by atoms with Crippen molar-refractivity contribution in [2.45, 2.75) is 0 Å². The highest BCUT2D eigenvalue weighted by molar-refractivity contribution is 6.06. The van der Waals surface area contributed by atoms with Crippen molar-refractivity contribution < 1.29 is 0 Å². The van der Waals surface area contributed by atoms with Gasteiger partial charge in [-0.15, -0.1) is 0 Å². The van der Waals surface area contributed by atoms with Crippen LogP contribution in [0.1, 0.15) is 0 Å². The number of nitrogens with zero attached hydrogens (tertiary/aromatic N) is 2. The van der Waals surface area contributed by atoms with E-state index in [0.29, 0.717) is 5.71 Å². The summed E-state index contributed by atoms with van der Waals surface area (Å²) in [5.74, 6) is 0. The Kier molecular flexibility index (Phi) is 2.62. The van der Waals surface area contributed by atoms with Crippen LogP contribution in [0.2, 0.25) is 0 Å². The van der Waals surface area contributed by atoms with E-state index in [0.717, 1.165) is 0 Å². The molecule has 0 spiro atoms. The van der Waals surface area contributed by atoms with E-state index in [1.54, 1.807) is 7.05 Å². The van der Waals surface area contributed by atoms with Crippen LogP contribution in [0.3, 0.4) is 0 Å². The average molecular weight is 94.1 g/mol. The molecule has 36 valence electrons. The van der Waals surface area contributed by atoms with Gasteiger partial charge in [0.05, 0.1) is 0 Å². The summed E-state index contributed by atoms with van der Waals surface area (Å²) in [6, 6.07) is 1.83. The lowest BCUT2D eigenvalue weighted by Crippen LogP contribution is -1.82. The van der Waals surface area contributed by atoms with Crippen LogP contribution in [0.4, 0.5) is 0 Å². The Labute approximate surface area is 42.8 Å². The van der Waals surface area contributed by atoms with Crippen LogP contribution in [-0.4, -0.2) is 12.8 Å². The highest BCUT2D eigenvalue weighted by Gasteiger charge is 1.79. The maximum absolute atomic E-state index is 8.07. The van der Waals surface area contributed by atoms with Crippen LogP contribution in [0.5, 0.6) is 0 Å². The summed E-state index contributed by atoms with van der Waals surface area (Å²) in [5.41, 5.74) is 0.375. The lowest BCUT2D eigenvalue weighted by atomic mass is 10.4. The van der Waals surface area contributed by atoms with Gasteiger partial charge in [0.15, 0.2) is 0 Å². The number of hydrogen-bond acceptors (Lipinski definition) is 2. The van der Waals surface area contributed by atoms with E-state index >= 15 is 0 Å². The molecule has 0 amide bonds. The Morgan fingerprint density at radius 2 is 2.57 bits per heavy atom. The molecule has 0 fully saturated rings. The molecule has 0 radical (unpaired) electrons. The Morgan fingerprint density at radius 3 is 2.57 bits per heavy atom. The third kappa shape index (κ3) is 1.72. The smallest absolute Gasteiger partial charge is 0.134 e. The Hall–Kier alpha value is -1.10. The van der Waals surface area contributed by atoms with Crippen molar-refractivity contribution in [1.29, 1.82) is 5.26 Å². The minimum atomic E-state index is 0.375. The molecule has 0 rings (SSSR count). The van der Waals surface area contributed by atoms with Crippen LogP contribution >= 0.6 is 0 Å². The van der Waals surface area contributed by atoms with Gasteiger partial charge >= 0.3 is 0 Å². The zero-order valence-corrected chi connectivity index (χ0v) is 4.18. The van der Waals surface area contributed by atoms with E-state index < -0.39 is 0 Å². The van der Waals surface area contributed by atoms with Gasteiger partial charge in [-0.25, -0.2) is 0 Å². The standard InChI is InChI=1S/C5H6N2/c1-3-5(4-6)7-2/h3H,1H2,2H3/b7-5+. The van der Waals surface area contributed by atoms with Crippen LogP contribution in [0.15, 0.2) is 17.6 Å². The van der Waals surface area contributed by atoms with Gasteiger partial charge in [0.2, 0.25) is 0 Å². The summed E-state index contributed by atoms with van der Waals surface area (Å²) in [7, 11) is 1.56. The fraction of sp³-hybridized carbons (Fsp3) is 0.200. The molecular formula is C5H6N2. The van der Waals surface area contributed by atoms with Crippen LogP contribution < -0.4 is 0 Å². The van der Waals surface area contributed by atoms with Gasteiger partial charge in [-0.1, -0.05) is 6.58 Å². The van der Waals surface area contributed by atoms with E-state index in [4.69, 9.17) is 5.26 Å². The third-order valence-corrected chi connectivity index (χ3v) is 0.549. The minimum absolute atomic E-state index is 0.375. The lowest BCUT2D eigenvalue weighted by Gasteiger charge is -1.74. The summed E-state index contributed by atoms with van der Waals surface area (Å²) < 4.78 is 0. The first kappa shape index (κ1) is 5.90. The Morgan fingerprint density at radius 1 is 2.00 bits per heavy atom. The molecule has 0 aliphatic rings. The monoisotopic (exact) mass is 94.1 g/mol. The van der Waals surface area contributed by atoms with E-state index in [1.807, 2.05) is 6.07 Å². The van der Waals surface area contributed by atoms with Crippen molar-refractivity contribution in [2.75, 3.05) is 7.05 Å². The molecule has 0 aliphatic carbocycles. The fourth-order valence-electron chi connectivity index (χ4n) is 0.187. The maximum atomic E-state index is 8.07.